The normalized spacial score (nSPS) is 22.1. The molecule has 0 radical (unpaired) electrons. The molecular formula is C16H23NO2. The number of likely N-dealkylation sites (tertiary alicyclic amines) is 1. The van der Waals surface area contributed by atoms with E-state index < -0.39 is 5.97 Å². The summed E-state index contributed by atoms with van der Waals surface area (Å²) in [5, 5.41) is 8.89. The molecule has 3 nitrogen and oxygen atoms in total. The molecule has 3 heteroatoms. The minimum Gasteiger partial charge on any atom is -0.481 e. The fourth-order valence-corrected chi connectivity index (χ4v) is 3.00. The van der Waals surface area contributed by atoms with Gasteiger partial charge in [-0.15, -0.1) is 0 Å². The monoisotopic (exact) mass is 261 g/mol. The molecule has 1 aromatic carbocycles. The van der Waals surface area contributed by atoms with Crippen LogP contribution in [0.3, 0.4) is 0 Å². The molecule has 1 N–H and O–H groups in total. The molecule has 1 aliphatic rings. The van der Waals surface area contributed by atoms with E-state index in [4.69, 9.17) is 5.11 Å². The number of nitrogens with zero attached hydrogens (tertiary/aromatic N) is 1. The fourth-order valence-electron chi connectivity index (χ4n) is 3.00. The number of aliphatic carboxylic acids is 1. The average molecular weight is 261 g/mol. The van der Waals surface area contributed by atoms with Gasteiger partial charge in [-0.3, -0.25) is 4.79 Å². The van der Waals surface area contributed by atoms with Crippen molar-refractivity contribution >= 4 is 5.97 Å². The predicted octanol–water partition coefficient (Wildman–Crippen LogP) is 2.98. The van der Waals surface area contributed by atoms with Crippen LogP contribution in [0.2, 0.25) is 0 Å². The van der Waals surface area contributed by atoms with Gasteiger partial charge >= 0.3 is 5.97 Å². The smallest absolute Gasteiger partial charge is 0.303 e. The second-order valence-electron chi connectivity index (χ2n) is 5.68. The summed E-state index contributed by atoms with van der Waals surface area (Å²) in [7, 11) is 0. The molecule has 1 fully saturated rings. The van der Waals surface area contributed by atoms with Crippen molar-refractivity contribution in [3.63, 3.8) is 0 Å². The third-order valence-corrected chi connectivity index (χ3v) is 3.97. The molecule has 0 saturated carbocycles. The summed E-state index contributed by atoms with van der Waals surface area (Å²) in [4.78, 5) is 13.2. The van der Waals surface area contributed by atoms with Crippen LogP contribution < -0.4 is 0 Å². The van der Waals surface area contributed by atoms with E-state index in [1.165, 1.54) is 5.56 Å². The topological polar surface area (TPSA) is 40.5 Å². The van der Waals surface area contributed by atoms with Gasteiger partial charge in [0.15, 0.2) is 0 Å². The molecule has 1 heterocycles. The number of piperidine rings is 1. The first kappa shape index (κ1) is 14.1. The molecule has 0 aliphatic carbocycles. The van der Waals surface area contributed by atoms with Gasteiger partial charge in [-0.25, -0.2) is 0 Å². The molecule has 19 heavy (non-hydrogen) atoms. The molecule has 0 bridgehead atoms. The molecule has 104 valence electrons. The van der Waals surface area contributed by atoms with E-state index in [0.29, 0.717) is 18.3 Å². The van der Waals surface area contributed by atoms with Crippen LogP contribution in [0.4, 0.5) is 0 Å². The summed E-state index contributed by atoms with van der Waals surface area (Å²) < 4.78 is 0. The van der Waals surface area contributed by atoms with Gasteiger partial charge < -0.3 is 10.0 Å². The van der Waals surface area contributed by atoms with Crippen LogP contribution in [0, 0.1) is 5.92 Å². The lowest BCUT2D eigenvalue weighted by Crippen LogP contribution is -2.38. The number of carboxylic acids is 1. The summed E-state index contributed by atoms with van der Waals surface area (Å²) in [6, 6.07) is 10.5. The zero-order chi connectivity index (χ0) is 13.7. The van der Waals surface area contributed by atoms with Crippen molar-refractivity contribution < 1.29 is 9.90 Å². The first-order valence-corrected chi connectivity index (χ1v) is 7.14. The van der Waals surface area contributed by atoms with Gasteiger partial charge in [-0.1, -0.05) is 37.3 Å². The van der Waals surface area contributed by atoms with Crippen LogP contribution in [-0.2, 0) is 4.79 Å². The highest BCUT2D eigenvalue weighted by atomic mass is 16.4. The number of rotatable bonds is 5. The Morgan fingerprint density at radius 2 is 2.16 bits per heavy atom. The Morgan fingerprint density at radius 1 is 1.42 bits per heavy atom. The van der Waals surface area contributed by atoms with Crippen molar-refractivity contribution in [1.29, 1.82) is 0 Å². The average Bonchev–Trinajstić information content (AvgIpc) is 2.39. The molecule has 1 saturated heterocycles. The van der Waals surface area contributed by atoms with Crippen molar-refractivity contribution in [2.75, 3.05) is 19.6 Å². The maximum absolute atomic E-state index is 10.8. The molecule has 2 rings (SSSR count). The quantitative estimate of drug-likeness (QED) is 0.886. The number of hydrogen-bond donors (Lipinski definition) is 1. The molecule has 2 unspecified atom stereocenters. The van der Waals surface area contributed by atoms with Crippen LogP contribution >= 0.6 is 0 Å². The summed E-state index contributed by atoms with van der Waals surface area (Å²) in [6.45, 7) is 5.31. The molecule has 0 aromatic heterocycles. The molecule has 1 aliphatic heterocycles. The van der Waals surface area contributed by atoms with Gasteiger partial charge in [0.1, 0.15) is 0 Å². The lowest BCUT2D eigenvalue weighted by atomic mass is 9.93. The highest BCUT2D eigenvalue weighted by Crippen LogP contribution is 2.23. The van der Waals surface area contributed by atoms with Crippen LogP contribution in [0.1, 0.15) is 37.7 Å². The van der Waals surface area contributed by atoms with Crippen LogP contribution in [0.15, 0.2) is 30.3 Å². The SMILES string of the molecule is CC(CN1CCCC(CC(=O)O)C1)c1ccccc1. The Morgan fingerprint density at radius 3 is 2.84 bits per heavy atom. The van der Waals surface area contributed by atoms with E-state index in [-0.39, 0.29) is 0 Å². The van der Waals surface area contributed by atoms with E-state index in [1.807, 2.05) is 6.07 Å². The number of carbonyl (C=O) groups is 1. The van der Waals surface area contributed by atoms with E-state index >= 15 is 0 Å². The number of hydrogen-bond acceptors (Lipinski definition) is 2. The van der Waals surface area contributed by atoms with Crippen LogP contribution in [0.5, 0.6) is 0 Å². The Hall–Kier alpha value is -1.35. The molecule has 2 atom stereocenters. The summed E-state index contributed by atoms with van der Waals surface area (Å²) in [6.07, 6.45) is 2.50. The van der Waals surface area contributed by atoms with E-state index in [1.54, 1.807) is 0 Å². The Balaban J connectivity index is 1.86. The van der Waals surface area contributed by atoms with Crippen molar-refractivity contribution in [2.24, 2.45) is 5.92 Å². The van der Waals surface area contributed by atoms with E-state index in [2.05, 4.69) is 36.1 Å². The zero-order valence-electron chi connectivity index (χ0n) is 11.6. The Kier molecular flexibility index (Phi) is 4.97. The van der Waals surface area contributed by atoms with Crippen molar-refractivity contribution in [3.05, 3.63) is 35.9 Å². The van der Waals surface area contributed by atoms with E-state index in [0.717, 1.165) is 32.5 Å². The highest BCUT2D eigenvalue weighted by molar-refractivity contribution is 5.67. The van der Waals surface area contributed by atoms with Gasteiger partial charge in [-0.05, 0) is 36.8 Å². The van der Waals surface area contributed by atoms with Crippen LogP contribution in [0.25, 0.3) is 0 Å². The minimum absolute atomic E-state index is 0.316. The molecule has 0 spiro atoms. The summed E-state index contributed by atoms with van der Waals surface area (Å²) in [5.74, 6) is 0.168. The van der Waals surface area contributed by atoms with Gasteiger partial charge in [0.05, 0.1) is 0 Å². The predicted molar refractivity (Wildman–Crippen MR) is 76.3 cm³/mol. The minimum atomic E-state index is -0.664. The van der Waals surface area contributed by atoms with Crippen molar-refractivity contribution in [1.82, 2.24) is 4.90 Å². The standard InChI is InChI=1S/C16H23NO2/c1-13(15-7-3-2-4-8-15)11-17-9-5-6-14(12-17)10-16(18)19/h2-4,7-8,13-14H,5-6,9-12H2,1H3,(H,18,19). The number of benzene rings is 1. The maximum atomic E-state index is 10.8. The first-order chi connectivity index (χ1) is 9.15. The van der Waals surface area contributed by atoms with Gasteiger partial charge in [0.25, 0.3) is 0 Å². The lowest BCUT2D eigenvalue weighted by molar-refractivity contribution is -0.138. The summed E-state index contributed by atoms with van der Waals surface area (Å²) in [5.41, 5.74) is 1.36. The highest BCUT2D eigenvalue weighted by Gasteiger charge is 2.23. The Labute approximate surface area is 115 Å². The third kappa shape index (κ3) is 4.35. The zero-order valence-corrected chi connectivity index (χ0v) is 11.6. The molecule has 1 aromatic rings. The van der Waals surface area contributed by atoms with Crippen molar-refractivity contribution in [2.45, 2.75) is 32.1 Å². The molecular weight excluding hydrogens is 238 g/mol. The fraction of sp³-hybridized carbons (Fsp3) is 0.562. The second-order valence-corrected chi connectivity index (χ2v) is 5.68. The largest absolute Gasteiger partial charge is 0.481 e. The van der Waals surface area contributed by atoms with E-state index in [9.17, 15) is 4.79 Å². The Bertz CT molecular complexity index is 404. The van der Waals surface area contributed by atoms with Crippen LogP contribution in [-0.4, -0.2) is 35.6 Å². The first-order valence-electron chi connectivity index (χ1n) is 7.14. The van der Waals surface area contributed by atoms with Gasteiger partial charge in [0, 0.05) is 19.5 Å². The summed E-state index contributed by atoms with van der Waals surface area (Å²) >= 11 is 0. The van der Waals surface area contributed by atoms with Gasteiger partial charge in [0.2, 0.25) is 0 Å². The van der Waals surface area contributed by atoms with Gasteiger partial charge in [-0.2, -0.15) is 0 Å². The number of carboxylic acid groups (broad SMARTS) is 1. The van der Waals surface area contributed by atoms with Crippen molar-refractivity contribution in [3.8, 4) is 0 Å². The third-order valence-electron chi connectivity index (χ3n) is 3.97. The second kappa shape index (κ2) is 6.71. The lowest BCUT2D eigenvalue weighted by Gasteiger charge is -2.33. The maximum Gasteiger partial charge on any atom is 0.303 e. The molecule has 0 amide bonds.